The third-order valence-electron chi connectivity index (χ3n) is 1.47. The lowest BCUT2D eigenvalue weighted by atomic mass is 10.3. The van der Waals surface area contributed by atoms with Crippen LogP contribution in [0.3, 0.4) is 0 Å². The molecule has 1 rings (SSSR count). The molecule has 0 unspecified atom stereocenters. The number of hydrogen-bond donors (Lipinski definition) is 0. The number of nitriles is 1. The molecule has 0 aliphatic carbocycles. The van der Waals surface area contributed by atoms with Crippen LogP contribution in [0.4, 0.5) is 18.9 Å². The van der Waals surface area contributed by atoms with Crippen molar-refractivity contribution in [3.63, 3.8) is 0 Å². The second-order valence-electron chi connectivity index (χ2n) is 2.56. The summed E-state index contributed by atoms with van der Waals surface area (Å²) >= 11 is 2.65. The molecule has 0 saturated carbocycles. The van der Waals surface area contributed by atoms with Gasteiger partial charge in [0, 0.05) is 0 Å². The maximum absolute atomic E-state index is 11.9. The lowest BCUT2D eigenvalue weighted by molar-refractivity contribution is -0.390. The third kappa shape index (κ3) is 3.04. The van der Waals surface area contributed by atoms with Gasteiger partial charge in [0.15, 0.2) is 0 Å². The summed E-state index contributed by atoms with van der Waals surface area (Å²) in [6.07, 6.45) is -4.37. The minimum atomic E-state index is -5.11. The van der Waals surface area contributed by atoms with Crippen LogP contribution in [0, 0.1) is 21.4 Å². The van der Waals surface area contributed by atoms with Gasteiger partial charge in [0.1, 0.15) is 10.5 Å². The molecule has 90 valence electrons. The van der Waals surface area contributed by atoms with Crippen LogP contribution in [-0.2, 0) is 0 Å². The lowest BCUT2D eigenvalue weighted by Gasteiger charge is -2.08. The zero-order chi connectivity index (χ0) is 13.2. The maximum atomic E-state index is 11.9. The van der Waals surface area contributed by atoms with Gasteiger partial charge in [-0.1, -0.05) is 0 Å². The number of hydrogen-bond acceptors (Lipinski definition) is 5. The molecule has 0 radical (unpaired) electrons. The van der Waals surface area contributed by atoms with Gasteiger partial charge in [-0.2, -0.15) is 5.26 Å². The first kappa shape index (κ1) is 13.2. The summed E-state index contributed by atoms with van der Waals surface area (Å²) in [4.78, 5) is 12.5. The number of nitrogens with zero attached hydrogens (tertiary/aromatic N) is 3. The summed E-state index contributed by atoms with van der Waals surface area (Å²) in [5, 5.41) is 19.1. The summed E-state index contributed by atoms with van der Waals surface area (Å²) in [5.41, 5.74) is -1.33. The summed E-state index contributed by atoms with van der Waals surface area (Å²) in [7, 11) is 0. The van der Waals surface area contributed by atoms with Gasteiger partial charge in [0.25, 0.3) is 0 Å². The topological polar surface area (TPSA) is 89.0 Å². The van der Waals surface area contributed by atoms with Crippen molar-refractivity contribution in [1.29, 1.82) is 5.26 Å². The molecule has 0 spiro atoms. The Labute approximate surface area is 99.9 Å². The van der Waals surface area contributed by atoms with Crippen molar-refractivity contribution in [2.24, 2.45) is 0 Å². The molecule has 1 heterocycles. The Balaban J connectivity index is 3.38. The number of aromatic nitrogens is 1. The number of ether oxygens (including phenoxy) is 1. The molecule has 0 aliphatic rings. The van der Waals surface area contributed by atoms with Gasteiger partial charge in [-0.05, 0) is 15.9 Å². The van der Waals surface area contributed by atoms with Gasteiger partial charge >= 0.3 is 17.9 Å². The second kappa shape index (κ2) is 4.54. The lowest BCUT2D eigenvalue weighted by Crippen LogP contribution is -2.19. The van der Waals surface area contributed by atoms with E-state index in [1.165, 1.54) is 6.07 Å². The van der Waals surface area contributed by atoms with Gasteiger partial charge in [0.05, 0.1) is 16.7 Å². The minimum Gasteiger partial charge on any atom is -0.381 e. The van der Waals surface area contributed by atoms with E-state index >= 15 is 0 Å². The first-order chi connectivity index (χ1) is 7.76. The van der Waals surface area contributed by atoms with E-state index in [4.69, 9.17) is 5.26 Å². The standard InChI is InChI=1S/C7HBrF3N3O3/c8-4-3(1-12)2-13-6(5(4)14(15)16)17-7(9,10)11/h2H. The number of alkyl halides is 3. The molecule has 0 aliphatic heterocycles. The van der Waals surface area contributed by atoms with Gasteiger partial charge in [-0.15, -0.1) is 13.2 Å². The fourth-order valence-electron chi connectivity index (χ4n) is 0.883. The predicted molar refractivity (Wildman–Crippen MR) is 50.0 cm³/mol. The highest BCUT2D eigenvalue weighted by Crippen LogP contribution is 2.37. The van der Waals surface area contributed by atoms with E-state index in [9.17, 15) is 23.3 Å². The first-order valence-electron chi connectivity index (χ1n) is 3.75. The molecule has 17 heavy (non-hydrogen) atoms. The third-order valence-corrected chi connectivity index (χ3v) is 2.28. The SMILES string of the molecule is N#Cc1cnc(OC(F)(F)F)c([N+](=O)[O-])c1Br. The van der Waals surface area contributed by atoms with Gasteiger partial charge < -0.3 is 4.74 Å². The van der Waals surface area contributed by atoms with Gasteiger partial charge in [-0.3, -0.25) is 10.1 Å². The van der Waals surface area contributed by atoms with Crippen molar-refractivity contribution < 1.29 is 22.8 Å². The summed E-state index contributed by atoms with van der Waals surface area (Å²) in [6.45, 7) is 0. The molecule has 0 bridgehead atoms. The van der Waals surface area contributed by atoms with Crippen LogP contribution in [0.25, 0.3) is 0 Å². The minimum absolute atomic E-state index is 0.272. The normalized spacial score (nSPS) is 10.8. The van der Waals surface area contributed by atoms with E-state index in [1.54, 1.807) is 0 Å². The van der Waals surface area contributed by atoms with Crippen LogP contribution in [0.2, 0.25) is 0 Å². The molecule has 0 saturated heterocycles. The molecule has 1 aromatic rings. The molecule has 6 nitrogen and oxygen atoms in total. The average molecular weight is 312 g/mol. The summed E-state index contributed by atoms with van der Waals surface area (Å²) in [6, 6.07) is 1.53. The van der Waals surface area contributed by atoms with E-state index in [0.717, 1.165) is 6.20 Å². The van der Waals surface area contributed by atoms with E-state index < -0.39 is 27.3 Å². The van der Waals surface area contributed by atoms with Gasteiger partial charge in [-0.25, -0.2) is 4.98 Å². The Morgan fingerprint density at radius 3 is 2.59 bits per heavy atom. The van der Waals surface area contributed by atoms with Crippen molar-refractivity contribution in [3.8, 4) is 11.9 Å². The van der Waals surface area contributed by atoms with Crippen molar-refractivity contribution in [3.05, 3.63) is 26.3 Å². The number of rotatable bonds is 2. The quantitative estimate of drug-likeness (QED) is 0.618. The Morgan fingerprint density at radius 1 is 1.59 bits per heavy atom. The zero-order valence-electron chi connectivity index (χ0n) is 7.66. The van der Waals surface area contributed by atoms with E-state index in [2.05, 4.69) is 25.7 Å². The van der Waals surface area contributed by atoms with Crippen LogP contribution in [0.1, 0.15) is 5.56 Å². The number of nitro groups is 1. The van der Waals surface area contributed by atoms with Crippen molar-refractivity contribution in [2.75, 3.05) is 0 Å². The summed E-state index contributed by atoms with van der Waals surface area (Å²) in [5.74, 6) is -1.23. The number of halogens is 4. The predicted octanol–water partition coefficient (Wildman–Crippen LogP) is 2.52. The van der Waals surface area contributed by atoms with Crippen LogP contribution < -0.4 is 4.74 Å². The van der Waals surface area contributed by atoms with Crippen LogP contribution >= 0.6 is 15.9 Å². The van der Waals surface area contributed by atoms with Crippen LogP contribution in [0.5, 0.6) is 5.88 Å². The van der Waals surface area contributed by atoms with E-state index in [-0.39, 0.29) is 5.56 Å². The zero-order valence-corrected chi connectivity index (χ0v) is 9.24. The van der Waals surface area contributed by atoms with Gasteiger partial charge in [0.2, 0.25) is 0 Å². The Bertz CT molecular complexity index is 512. The molecule has 0 aromatic carbocycles. The monoisotopic (exact) mass is 311 g/mol. The largest absolute Gasteiger partial charge is 0.574 e. The van der Waals surface area contributed by atoms with E-state index in [1.807, 2.05) is 0 Å². The van der Waals surface area contributed by atoms with Crippen molar-refractivity contribution in [2.45, 2.75) is 6.36 Å². The molecule has 0 atom stereocenters. The summed E-state index contributed by atoms with van der Waals surface area (Å²) < 4.78 is 38.8. The van der Waals surface area contributed by atoms with Crippen LogP contribution in [0.15, 0.2) is 10.7 Å². The Hall–Kier alpha value is -1.89. The molecule has 10 heteroatoms. The first-order valence-corrected chi connectivity index (χ1v) is 4.54. The smallest absolute Gasteiger partial charge is 0.381 e. The van der Waals surface area contributed by atoms with Crippen molar-refractivity contribution in [1.82, 2.24) is 4.98 Å². The highest BCUT2D eigenvalue weighted by Gasteiger charge is 2.37. The highest BCUT2D eigenvalue weighted by atomic mass is 79.9. The van der Waals surface area contributed by atoms with Crippen molar-refractivity contribution >= 4 is 21.6 Å². The van der Waals surface area contributed by atoms with E-state index in [0.29, 0.717) is 0 Å². The Kier molecular flexibility index (Phi) is 3.52. The molecule has 0 amide bonds. The Morgan fingerprint density at radius 2 is 2.18 bits per heavy atom. The number of pyridine rings is 1. The maximum Gasteiger partial charge on any atom is 0.574 e. The molecule has 1 aromatic heterocycles. The fourth-order valence-corrected chi connectivity index (χ4v) is 1.39. The van der Waals surface area contributed by atoms with Crippen LogP contribution in [-0.4, -0.2) is 16.3 Å². The average Bonchev–Trinajstić information content (AvgIpc) is 2.14. The second-order valence-corrected chi connectivity index (χ2v) is 3.35. The molecule has 0 N–H and O–H groups in total. The highest BCUT2D eigenvalue weighted by molar-refractivity contribution is 9.10. The molecule has 0 fully saturated rings. The molecular formula is C7HBrF3N3O3. The fraction of sp³-hybridized carbons (Fsp3) is 0.143. The molecular weight excluding hydrogens is 311 g/mol.